The zero-order chi connectivity index (χ0) is 20.9. The number of rotatable bonds is 7. The molecule has 0 atom stereocenters. The van der Waals surface area contributed by atoms with Gasteiger partial charge in [0.1, 0.15) is 6.61 Å². The zero-order valence-electron chi connectivity index (χ0n) is 15.6. The summed E-state index contributed by atoms with van der Waals surface area (Å²) in [5.74, 6) is -1.44. The predicted molar refractivity (Wildman–Crippen MR) is 97.8 cm³/mol. The second kappa shape index (κ2) is 8.85. The number of carbonyl (C=O) groups is 3. The molecule has 0 spiro atoms. The summed E-state index contributed by atoms with van der Waals surface area (Å²) < 4.78 is 35.5. The Kier molecular flexibility index (Phi) is 6.75. The molecule has 10 nitrogen and oxygen atoms in total. The Morgan fingerprint density at radius 2 is 1.89 bits per heavy atom. The van der Waals surface area contributed by atoms with Crippen LogP contribution in [0.15, 0.2) is 40.4 Å². The number of carbonyl (C=O) groups excluding carboxylic acids is 3. The van der Waals surface area contributed by atoms with Crippen LogP contribution < -0.4 is 10.6 Å². The largest absolute Gasteiger partial charge is 0.463 e. The van der Waals surface area contributed by atoms with Crippen LogP contribution in [-0.2, 0) is 24.3 Å². The monoisotopic (exact) mass is 411 g/mol. The van der Waals surface area contributed by atoms with Gasteiger partial charge < -0.3 is 20.1 Å². The third-order valence-corrected chi connectivity index (χ3v) is 5.58. The average Bonchev–Trinajstić information content (AvgIpc) is 2.66. The van der Waals surface area contributed by atoms with Crippen LogP contribution >= 0.6 is 0 Å². The predicted octanol–water partition coefficient (Wildman–Crippen LogP) is 0.224. The summed E-state index contributed by atoms with van der Waals surface area (Å²) in [6.07, 6.45) is 0. The summed E-state index contributed by atoms with van der Waals surface area (Å²) >= 11 is 0. The number of ether oxygens (including phenoxy) is 2. The van der Waals surface area contributed by atoms with E-state index in [1.165, 1.54) is 38.4 Å². The average molecular weight is 411 g/mol. The Labute approximate surface area is 162 Å². The number of urea groups is 1. The van der Waals surface area contributed by atoms with Crippen molar-refractivity contribution < 1.29 is 32.3 Å². The molecule has 1 aromatic rings. The van der Waals surface area contributed by atoms with E-state index in [9.17, 15) is 22.8 Å². The molecule has 11 heteroatoms. The highest BCUT2D eigenvalue weighted by atomic mass is 32.2. The Hall–Kier alpha value is -2.92. The van der Waals surface area contributed by atoms with E-state index < -0.39 is 28.0 Å². The maximum absolute atomic E-state index is 12.3. The van der Waals surface area contributed by atoms with Crippen LogP contribution in [0, 0.1) is 0 Å². The summed E-state index contributed by atoms with van der Waals surface area (Å²) in [4.78, 5) is 35.7. The number of nitrogens with zero attached hydrogens (tertiary/aromatic N) is 1. The van der Waals surface area contributed by atoms with E-state index >= 15 is 0 Å². The SMILES string of the molecule is CCOC(=O)C1=C(COC(=O)c2cccc(S(=O)(=O)N(C)C)c2)NC(=O)NC1. The Bertz CT molecular complexity index is 922. The van der Waals surface area contributed by atoms with Crippen molar-refractivity contribution in [2.75, 3.05) is 33.9 Å². The second-order valence-electron chi connectivity index (χ2n) is 5.88. The lowest BCUT2D eigenvalue weighted by Gasteiger charge is -2.21. The summed E-state index contributed by atoms with van der Waals surface area (Å²) in [5.41, 5.74) is 0.257. The van der Waals surface area contributed by atoms with Crippen LogP contribution in [0.3, 0.4) is 0 Å². The fraction of sp³-hybridized carbons (Fsp3) is 0.353. The number of sulfonamides is 1. The first-order valence-electron chi connectivity index (χ1n) is 8.30. The van der Waals surface area contributed by atoms with E-state index in [1.807, 2.05) is 0 Å². The highest BCUT2D eigenvalue weighted by Gasteiger charge is 2.25. The Morgan fingerprint density at radius 3 is 2.54 bits per heavy atom. The lowest BCUT2D eigenvalue weighted by molar-refractivity contribution is -0.138. The number of amides is 2. The van der Waals surface area contributed by atoms with Gasteiger partial charge in [-0.1, -0.05) is 6.07 Å². The molecule has 1 heterocycles. The molecule has 1 aromatic carbocycles. The van der Waals surface area contributed by atoms with Crippen molar-refractivity contribution in [2.45, 2.75) is 11.8 Å². The van der Waals surface area contributed by atoms with E-state index in [1.54, 1.807) is 6.92 Å². The van der Waals surface area contributed by atoms with Gasteiger partial charge in [-0.05, 0) is 25.1 Å². The third kappa shape index (κ3) is 4.87. The van der Waals surface area contributed by atoms with Gasteiger partial charge in [-0.2, -0.15) is 0 Å². The molecule has 2 rings (SSSR count). The van der Waals surface area contributed by atoms with Crippen LogP contribution in [-0.4, -0.2) is 64.5 Å². The number of esters is 2. The highest BCUT2D eigenvalue weighted by molar-refractivity contribution is 7.89. The quantitative estimate of drug-likeness (QED) is 0.614. The van der Waals surface area contributed by atoms with E-state index in [0.717, 1.165) is 4.31 Å². The van der Waals surface area contributed by atoms with Crippen molar-refractivity contribution in [3.63, 3.8) is 0 Å². The highest BCUT2D eigenvalue weighted by Crippen LogP contribution is 2.16. The number of benzene rings is 1. The number of hydrogen-bond donors (Lipinski definition) is 2. The van der Waals surface area contributed by atoms with Crippen molar-refractivity contribution in [2.24, 2.45) is 0 Å². The van der Waals surface area contributed by atoms with Gasteiger partial charge in [-0.3, -0.25) is 0 Å². The summed E-state index contributed by atoms with van der Waals surface area (Å²) in [7, 11) is -0.955. The lowest BCUT2D eigenvalue weighted by Crippen LogP contribution is -2.45. The minimum atomic E-state index is -3.71. The van der Waals surface area contributed by atoms with E-state index in [4.69, 9.17) is 9.47 Å². The molecule has 152 valence electrons. The molecule has 0 saturated carbocycles. The molecule has 0 aliphatic carbocycles. The van der Waals surface area contributed by atoms with Crippen molar-refractivity contribution in [1.29, 1.82) is 0 Å². The van der Waals surface area contributed by atoms with Gasteiger partial charge in [0.15, 0.2) is 0 Å². The standard InChI is InChI=1S/C17H21N3O7S/c1-4-26-16(22)13-9-18-17(23)19-14(13)10-27-15(21)11-6-5-7-12(8-11)28(24,25)20(2)3/h5-8H,4,9-10H2,1-3H3,(H2,18,19,23). The summed E-state index contributed by atoms with van der Waals surface area (Å²) in [6, 6.07) is 4.83. The molecule has 1 aliphatic heterocycles. The van der Waals surface area contributed by atoms with Crippen LogP contribution in [0.4, 0.5) is 4.79 Å². The molecule has 0 bridgehead atoms. The van der Waals surface area contributed by atoms with Crippen LogP contribution in [0.2, 0.25) is 0 Å². The van der Waals surface area contributed by atoms with Crippen LogP contribution in [0.25, 0.3) is 0 Å². The van der Waals surface area contributed by atoms with Crippen molar-refractivity contribution >= 4 is 28.0 Å². The molecule has 2 N–H and O–H groups in total. The zero-order valence-corrected chi connectivity index (χ0v) is 16.5. The minimum Gasteiger partial charge on any atom is -0.463 e. The van der Waals surface area contributed by atoms with E-state index in [2.05, 4.69) is 10.6 Å². The first-order valence-corrected chi connectivity index (χ1v) is 9.74. The van der Waals surface area contributed by atoms with Gasteiger partial charge in [0.25, 0.3) is 0 Å². The molecular weight excluding hydrogens is 390 g/mol. The van der Waals surface area contributed by atoms with Gasteiger partial charge in [-0.15, -0.1) is 0 Å². The normalized spacial score (nSPS) is 14.4. The minimum absolute atomic E-state index is 0.0153. The Balaban J connectivity index is 2.18. The van der Waals surface area contributed by atoms with Crippen molar-refractivity contribution in [3.8, 4) is 0 Å². The molecule has 0 saturated heterocycles. The van der Waals surface area contributed by atoms with Gasteiger partial charge in [0, 0.05) is 14.1 Å². The van der Waals surface area contributed by atoms with Gasteiger partial charge in [0.05, 0.1) is 34.9 Å². The van der Waals surface area contributed by atoms with Crippen LogP contribution in [0.1, 0.15) is 17.3 Å². The first kappa shape index (κ1) is 21.4. The molecule has 2 amide bonds. The van der Waals surface area contributed by atoms with E-state index in [-0.39, 0.29) is 41.5 Å². The van der Waals surface area contributed by atoms with Crippen molar-refractivity contribution in [1.82, 2.24) is 14.9 Å². The van der Waals surface area contributed by atoms with Crippen LogP contribution in [0.5, 0.6) is 0 Å². The number of nitrogens with one attached hydrogen (secondary N) is 2. The first-order chi connectivity index (χ1) is 13.2. The topological polar surface area (TPSA) is 131 Å². The maximum atomic E-state index is 12.3. The smallest absolute Gasteiger partial charge is 0.338 e. The van der Waals surface area contributed by atoms with Gasteiger partial charge in [0.2, 0.25) is 10.0 Å². The maximum Gasteiger partial charge on any atom is 0.338 e. The molecular formula is C17H21N3O7S. The van der Waals surface area contributed by atoms with Crippen molar-refractivity contribution in [3.05, 3.63) is 41.1 Å². The molecule has 28 heavy (non-hydrogen) atoms. The Morgan fingerprint density at radius 1 is 1.18 bits per heavy atom. The van der Waals surface area contributed by atoms with Gasteiger partial charge >= 0.3 is 18.0 Å². The molecule has 0 aromatic heterocycles. The lowest BCUT2D eigenvalue weighted by atomic mass is 10.1. The number of hydrogen-bond acceptors (Lipinski definition) is 7. The molecule has 0 unspecified atom stereocenters. The molecule has 1 aliphatic rings. The molecule has 0 radical (unpaired) electrons. The van der Waals surface area contributed by atoms with E-state index in [0.29, 0.717) is 0 Å². The van der Waals surface area contributed by atoms with Gasteiger partial charge in [-0.25, -0.2) is 27.1 Å². The summed E-state index contributed by atoms with van der Waals surface area (Å²) in [5, 5.41) is 4.85. The second-order valence-corrected chi connectivity index (χ2v) is 8.03. The summed E-state index contributed by atoms with van der Waals surface area (Å²) in [6.45, 7) is 1.34. The third-order valence-electron chi connectivity index (χ3n) is 3.77. The molecule has 0 fully saturated rings. The fourth-order valence-corrected chi connectivity index (χ4v) is 3.23. The fourth-order valence-electron chi connectivity index (χ4n) is 2.28.